The first-order valence-electron chi connectivity index (χ1n) is 8.44. The van der Waals surface area contributed by atoms with Crippen molar-refractivity contribution in [2.75, 3.05) is 19.8 Å². The molecule has 5 nitrogen and oxygen atoms in total. The SMILES string of the molecule is CCOC(=O)/C=C(C)/C=C(\C)[C@@H](C)[C@@H](O)c1ccc(OCCO)cc1. The summed E-state index contributed by atoms with van der Waals surface area (Å²) in [6.07, 6.45) is 2.65. The molecular weight excluding hydrogens is 320 g/mol. The predicted molar refractivity (Wildman–Crippen MR) is 97.3 cm³/mol. The molecule has 0 spiro atoms. The van der Waals surface area contributed by atoms with E-state index >= 15 is 0 Å². The maximum atomic E-state index is 11.5. The Balaban J connectivity index is 2.78. The summed E-state index contributed by atoms with van der Waals surface area (Å²) in [6, 6.07) is 7.16. The third kappa shape index (κ3) is 7.11. The van der Waals surface area contributed by atoms with E-state index in [9.17, 15) is 9.90 Å². The van der Waals surface area contributed by atoms with E-state index in [2.05, 4.69) is 0 Å². The number of carbonyl (C=O) groups is 1. The van der Waals surface area contributed by atoms with Crippen LogP contribution in [0.15, 0.2) is 47.6 Å². The Kier molecular flexibility index (Phi) is 8.95. The van der Waals surface area contributed by atoms with Crippen LogP contribution in [0.4, 0.5) is 0 Å². The summed E-state index contributed by atoms with van der Waals surface area (Å²) < 4.78 is 10.2. The number of hydrogen-bond donors (Lipinski definition) is 2. The van der Waals surface area contributed by atoms with E-state index in [0.717, 1.165) is 16.7 Å². The second-order valence-corrected chi connectivity index (χ2v) is 5.90. The van der Waals surface area contributed by atoms with Gasteiger partial charge in [0.25, 0.3) is 0 Å². The Morgan fingerprint density at radius 3 is 2.40 bits per heavy atom. The lowest BCUT2D eigenvalue weighted by Crippen LogP contribution is -2.11. The molecule has 2 atom stereocenters. The largest absolute Gasteiger partial charge is 0.491 e. The van der Waals surface area contributed by atoms with Gasteiger partial charge in [-0.3, -0.25) is 0 Å². The average Bonchev–Trinajstić information content (AvgIpc) is 2.59. The fourth-order valence-electron chi connectivity index (χ4n) is 2.36. The first-order chi connectivity index (χ1) is 11.9. The topological polar surface area (TPSA) is 76.0 Å². The maximum absolute atomic E-state index is 11.5. The molecule has 0 aliphatic rings. The minimum atomic E-state index is -0.668. The van der Waals surface area contributed by atoms with Crippen molar-refractivity contribution in [1.29, 1.82) is 0 Å². The summed E-state index contributed by atoms with van der Waals surface area (Å²) in [7, 11) is 0. The zero-order valence-electron chi connectivity index (χ0n) is 15.4. The van der Waals surface area contributed by atoms with Crippen molar-refractivity contribution < 1.29 is 24.5 Å². The zero-order chi connectivity index (χ0) is 18.8. The number of hydrogen-bond acceptors (Lipinski definition) is 5. The summed E-state index contributed by atoms with van der Waals surface area (Å²) in [5, 5.41) is 19.3. The molecule has 25 heavy (non-hydrogen) atoms. The number of allylic oxidation sites excluding steroid dienone is 2. The van der Waals surface area contributed by atoms with E-state index in [1.165, 1.54) is 6.08 Å². The Labute approximate surface area is 149 Å². The molecule has 0 aliphatic carbocycles. The van der Waals surface area contributed by atoms with E-state index < -0.39 is 6.10 Å². The average molecular weight is 348 g/mol. The van der Waals surface area contributed by atoms with Crippen molar-refractivity contribution >= 4 is 5.97 Å². The second-order valence-electron chi connectivity index (χ2n) is 5.90. The molecule has 1 aromatic carbocycles. The van der Waals surface area contributed by atoms with Crippen LogP contribution in [0.3, 0.4) is 0 Å². The fraction of sp³-hybridized carbons (Fsp3) is 0.450. The molecule has 2 N–H and O–H groups in total. The highest BCUT2D eigenvalue weighted by atomic mass is 16.5. The van der Waals surface area contributed by atoms with Crippen molar-refractivity contribution in [1.82, 2.24) is 0 Å². The van der Waals surface area contributed by atoms with Gasteiger partial charge < -0.3 is 19.7 Å². The molecule has 0 saturated carbocycles. The van der Waals surface area contributed by atoms with Crippen molar-refractivity contribution in [2.45, 2.75) is 33.8 Å². The standard InChI is InChI=1S/C20H28O5/c1-5-24-19(22)13-14(2)12-15(3)16(4)20(23)17-6-8-18(9-7-17)25-11-10-21/h6-9,12-13,16,20-21,23H,5,10-11H2,1-4H3/b14-13+,15-12+/t16-,20-/m1/s1. The lowest BCUT2D eigenvalue weighted by Gasteiger charge is -2.20. The zero-order valence-corrected chi connectivity index (χ0v) is 15.4. The van der Waals surface area contributed by atoms with Crippen LogP contribution in [0.2, 0.25) is 0 Å². The molecule has 1 aromatic rings. The van der Waals surface area contributed by atoms with Gasteiger partial charge in [-0.15, -0.1) is 0 Å². The third-order valence-corrected chi connectivity index (χ3v) is 3.86. The predicted octanol–water partition coefficient (Wildman–Crippen LogP) is 3.18. The molecule has 0 radical (unpaired) electrons. The highest BCUT2D eigenvalue weighted by Crippen LogP contribution is 2.29. The molecule has 0 amide bonds. The molecule has 0 aromatic heterocycles. The summed E-state index contributed by atoms with van der Waals surface area (Å²) >= 11 is 0. The number of aliphatic hydroxyl groups excluding tert-OH is 2. The number of carbonyl (C=O) groups excluding carboxylic acids is 1. The van der Waals surface area contributed by atoms with E-state index in [4.69, 9.17) is 14.6 Å². The van der Waals surface area contributed by atoms with Gasteiger partial charge in [0, 0.05) is 12.0 Å². The Morgan fingerprint density at radius 2 is 1.84 bits per heavy atom. The van der Waals surface area contributed by atoms with Gasteiger partial charge >= 0.3 is 5.97 Å². The number of ether oxygens (including phenoxy) is 2. The summed E-state index contributed by atoms with van der Waals surface area (Å²) in [4.78, 5) is 11.5. The highest BCUT2D eigenvalue weighted by Gasteiger charge is 2.18. The summed E-state index contributed by atoms with van der Waals surface area (Å²) in [6.45, 7) is 8.00. The van der Waals surface area contributed by atoms with Gasteiger partial charge in [-0.1, -0.05) is 30.7 Å². The van der Waals surface area contributed by atoms with E-state index in [0.29, 0.717) is 12.4 Å². The lowest BCUT2D eigenvalue weighted by atomic mass is 9.90. The molecule has 0 bridgehead atoms. The molecule has 0 saturated heterocycles. The first kappa shape index (κ1) is 20.9. The summed E-state index contributed by atoms with van der Waals surface area (Å²) in [5.41, 5.74) is 2.53. The molecule has 0 aliphatic heterocycles. The quantitative estimate of drug-likeness (QED) is 0.407. The van der Waals surface area contributed by atoms with Crippen LogP contribution in [-0.2, 0) is 9.53 Å². The van der Waals surface area contributed by atoms with Gasteiger partial charge in [0.1, 0.15) is 12.4 Å². The van der Waals surface area contributed by atoms with Gasteiger partial charge in [-0.25, -0.2) is 4.79 Å². The number of benzene rings is 1. The van der Waals surface area contributed by atoms with E-state index in [1.807, 2.05) is 39.0 Å². The molecule has 0 unspecified atom stereocenters. The van der Waals surface area contributed by atoms with Gasteiger partial charge in [-0.2, -0.15) is 0 Å². The summed E-state index contributed by atoms with van der Waals surface area (Å²) in [5.74, 6) is 0.170. The maximum Gasteiger partial charge on any atom is 0.330 e. The van der Waals surface area contributed by atoms with Crippen LogP contribution in [0.5, 0.6) is 5.75 Å². The molecule has 0 heterocycles. The van der Waals surface area contributed by atoms with E-state index in [-0.39, 0.29) is 25.1 Å². The Morgan fingerprint density at radius 1 is 1.20 bits per heavy atom. The van der Waals surface area contributed by atoms with Crippen LogP contribution in [0.1, 0.15) is 39.4 Å². The van der Waals surface area contributed by atoms with Crippen LogP contribution < -0.4 is 4.74 Å². The monoisotopic (exact) mass is 348 g/mol. The normalized spacial score (nSPS) is 14.8. The van der Waals surface area contributed by atoms with Crippen molar-refractivity contribution in [3.05, 3.63) is 53.1 Å². The molecule has 5 heteroatoms. The van der Waals surface area contributed by atoms with Crippen LogP contribution in [0, 0.1) is 5.92 Å². The number of aliphatic hydroxyl groups is 2. The minimum Gasteiger partial charge on any atom is -0.491 e. The van der Waals surface area contributed by atoms with Crippen LogP contribution in [-0.4, -0.2) is 36.0 Å². The highest BCUT2D eigenvalue weighted by molar-refractivity contribution is 5.83. The molecule has 0 fully saturated rings. The van der Waals surface area contributed by atoms with E-state index in [1.54, 1.807) is 19.1 Å². The van der Waals surface area contributed by atoms with Gasteiger partial charge in [0.05, 0.1) is 19.3 Å². The smallest absolute Gasteiger partial charge is 0.330 e. The number of esters is 1. The molecule has 138 valence electrons. The minimum absolute atomic E-state index is 0.0376. The van der Waals surface area contributed by atoms with Crippen LogP contribution >= 0.6 is 0 Å². The second kappa shape index (κ2) is 10.7. The molecule has 1 rings (SSSR count). The van der Waals surface area contributed by atoms with Crippen molar-refractivity contribution in [3.8, 4) is 5.75 Å². The van der Waals surface area contributed by atoms with Crippen molar-refractivity contribution in [2.24, 2.45) is 5.92 Å². The third-order valence-electron chi connectivity index (χ3n) is 3.86. The van der Waals surface area contributed by atoms with Gasteiger partial charge in [0.15, 0.2) is 0 Å². The Hall–Kier alpha value is -2.11. The van der Waals surface area contributed by atoms with Gasteiger partial charge in [0.2, 0.25) is 0 Å². The van der Waals surface area contributed by atoms with Crippen molar-refractivity contribution in [3.63, 3.8) is 0 Å². The lowest BCUT2D eigenvalue weighted by molar-refractivity contribution is -0.137. The molecular formula is C20H28O5. The Bertz CT molecular complexity index is 601. The first-order valence-corrected chi connectivity index (χ1v) is 8.44. The van der Waals surface area contributed by atoms with Gasteiger partial charge in [-0.05, 0) is 44.0 Å². The fourth-order valence-corrected chi connectivity index (χ4v) is 2.36. The van der Waals surface area contributed by atoms with Crippen LogP contribution in [0.25, 0.3) is 0 Å². The number of rotatable bonds is 9.